The number of benzene rings is 1. The number of aromatic nitrogens is 2. The molecule has 0 fully saturated rings. The molecule has 0 radical (unpaired) electrons. The first-order valence-corrected chi connectivity index (χ1v) is 9.80. The minimum absolute atomic E-state index is 0.0494. The molecule has 172 valence electrons. The van der Waals surface area contributed by atoms with Gasteiger partial charge in [0.15, 0.2) is 6.61 Å². The highest BCUT2D eigenvalue weighted by Gasteiger charge is 2.22. The number of carbonyl (C=O) groups is 2. The van der Waals surface area contributed by atoms with E-state index in [1.54, 1.807) is 18.2 Å². The first-order chi connectivity index (χ1) is 15.1. The Bertz CT molecular complexity index is 1160. The van der Waals surface area contributed by atoms with Crippen LogP contribution in [0.25, 0.3) is 6.08 Å². The molecule has 1 aromatic heterocycles. The molecular weight excluding hydrogens is 418 g/mol. The molecule has 10 heteroatoms. The van der Waals surface area contributed by atoms with Gasteiger partial charge in [-0.05, 0) is 24.1 Å². The number of methoxy groups -OCH3 is 2. The van der Waals surface area contributed by atoms with Crippen LogP contribution in [0.15, 0.2) is 33.9 Å². The van der Waals surface area contributed by atoms with E-state index in [9.17, 15) is 19.2 Å². The van der Waals surface area contributed by atoms with Gasteiger partial charge in [0.05, 0.1) is 14.2 Å². The molecule has 0 spiro atoms. The number of anilines is 1. The Morgan fingerprint density at radius 3 is 2.44 bits per heavy atom. The predicted octanol–water partition coefficient (Wildman–Crippen LogP) is 1.24. The summed E-state index contributed by atoms with van der Waals surface area (Å²) < 4.78 is 17.3. The number of nitrogens with zero attached hydrogens (tertiary/aromatic N) is 2. The molecule has 0 unspecified atom stereocenters. The van der Waals surface area contributed by atoms with Crippen molar-refractivity contribution in [3.63, 3.8) is 0 Å². The Balaban J connectivity index is 2.18. The highest BCUT2D eigenvalue weighted by atomic mass is 16.5. The molecule has 1 aromatic carbocycles. The van der Waals surface area contributed by atoms with Crippen molar-refractivity contribution in [1.82, 2.24) is 9.13 Å². The zero-order chi connectivity index (χ0) is 24.0. The number of rotatable bonds is 9. The van der Waals surface area contributed by atoms with Crippen LogP contribution in [0.2, 0.25) is 0 Å². The zero-order valence-electron chi connectivity index (χ0n) is 18.7. The van der Waals surface area contributed by atoms with Gasteiger partial charge in [-0.1, -0.05) is 13.8 Å². The normalized spacial score (nSPS) is 11.1. The van der Waals surface area contributed by atoms with Crippen molar-refractivity contribution in [3.8, 4) is 11.5 Å². The summed E-state index contributed by atoms with van der Waals surface area (Å²) >= 11 is 0. The fourth-order valence-corrected chi connectivity index (χ4v) is 2.96. The summed E-state index contributed by atoms with van der Waals surface area (Å²) in [7, 11) is 4.26. The minimum Gasteiger partial charge on any atom is -0.497 e. The standard InChI is InChI=1S/C22H27N3O7/c1-13(2)11-25-20(23)19(21(28)24(3)22(25)29)16(26)12-32-18(27)9-7-14-6-8-15(30-4)10-17(14)31-5/h6-10,13H,11-12,23H2,1-5H3. The SMILES string of the molecule is COc1ccc(C=CC(=O)OCC(=O)c2c(N)n(CC(C)C)c(=O)n(C)c2=O)c(OC)c1. The van der Waals surface area contributed by atoms with Crippen molar-refractivity contribution < 1.29 is 23.8 Å². The van der Waals surface area contributed by atoms with Crippen molar-refractivity contribution in [3.05, 3.63) is 56.2 Å². The number of Topliss-reactive ketones (excluding diaryl/α,β-unsaturated/α-hetero) is 1. The molecule has 2 aromatic rings. The minimum atomic E-state index is -0.841. The van der Waals surface area contributed by atoms with E-state index in [0.29, 0.717) is 17.1 Å². The van der Waals surface area contributed by atoms with Crippen LogP contribution in [-0.2, 0) is 23.1 Å². The largest absolute Gasteiger partial charge is 0.497 e. The Morgan fingerprint density at radius 2 is 1.84 bits per heavy atom. The molecule has 0 bridgehead atoms. The second-order valence-electron chi connectivity index (χ2n) is 7.38. The number of hydrogen-bond donors (Lipinski definition) is 1. The third-order valence-electron chi connectivity index (χ3n) is 4.59. The fraction of sp³-hybridized carbons (Fsp3) is 0.364. The van der Waals surface area contributed by atoms with Gasteiger partial charge in [0, 0.05) is 31.3 Å². The molecule has 0 saturated carbocycles. The lowest BCUT2D eigenvalue weighted by Gasteiger charge is -2.16. The van der Waals surface area contributed by atoms with E-state index in [0.717, 1.165) is 15.2 Å². The number of nitrogen functional groups attached to an aromatic ring is 1. The molecule has 2 rings (SSSR count). The van der Waals surface area contributed by atoms with Crippen LogP contribution in [0.3, 0.4) is 0 Å². The summed E-state index contributed by atoms with van der Waals surface area (Å²) in [6, 6.07) is 5.04. The van der Waals surface area contributed by atoms with Gasteiger partial charge in [0.25, 0.3) is 5.56 Å². The number of esters is 1. The van der Waals surface area contributed by atoms with Gasteiger partial charge in [0.1, 0.15) is 22.9 Å². The topological polar surface area (TPSA) is 132 Å². The molecule has 32 heavy (non-hydrogen) atoms. The van der Waals surface area contributed by atoms with E-state index in [1.807, 2.05) is 13.8 Å². The highest BCUT2D eigenvalue weighted by Crippen LogP contribution is 2.25. The van der Waals surface area contributed by atoms with Crippen LogP contribution in [0.5, 0.6) is 11.5 Å². The van der Waals surface area contributed by atoms with Gasteiger partial charge >= 0.3 is 11.7 Å². The summed E-state index contributed by atoms with van der Waals surface area (Å²) in [4.78, 5) is 49.4. The maximum absolute atomic E-state index is 12.6. The lowest BCUT2D eigenvalue weighted by atomic mass is 10.1. The van der Waals surface area contributed by atoms with Gasteiger partial charge in [-0.25, -0.2) is 9.59 Å². The summed E-state index contributed by atoms with van der Waals surface area (Å²) in [6.45, 7) is 3.25. The quantitative estimate of drug-likeness (QED) is 0.346. The molecule has 0 aliphatic heterocycles. The smallest absolute Gasteiger partial charge is 0.332 e. The summed E-state index contributed by atoms with van der Waals surface area (Å²) in [5, 5.41) is 0. The summed E-state index contributed by atoms with van der Waals surface area (Å²) in [5.41, 5.74) is 4.70. The van der Waals surface area contributed by atoms with Crippen LogP contribution in [-0.4, -0.2) is 41.7 Å². The zero-order valence-corrected chi connectivity index (χ0v) is 18.7. The predicted molar refractivity (Wildman–Crippen MR) is 119 cm³/mol. The molecule has 10 nitrogen and oxygen atoms in total. The molecule has 0 aliphatic carbocycles. The summed E-state index contributed by atoms with van der Waals surface area (Å²) in [6.07, 6.45) is 2.58. The third kappa shape index (κ3) is 5.45. The highest BCUT2D eigenvalue weighted by molar-refractivity contribution is 6.02. The van der Waals surface area contributed by atoms with E-state index >= 15 is 0 Å². The maximum Gasteiger partial charge on any atom is 0.332 e. The van der Waals surface area contributed by atoms with Crippen molar-refractivity contribution in [2.45, 2.75) is 20.4 Å². The van der Waals surface area contributed by atoms with Gasteiger partial charge in [-0.2, -0.15) is 0 Å². The summed E-state index contributed by atoms with van der Waals surface area (Å²) in [5.74, 6) is -0.732. The molecule has 0 aliphatic rings. The van der Waals surface area contributed by atoms with Crippen molar-refractivity contribution >= 4 is 23.6 Å². The number of ketones is 1. The monoisotopic (exact) mass is 445 g/mol. The van der Waals surface area contributed by atoms with Crippen LogP contribution in [0.4, 0.5) is 5.82 Å². The van der Waals surface area contributed by atoms with Crippen LogP contribution < -0.4 is 26.5 Å². The average molecular weight is 445 g/mol. The number of hydrogen-bond acceptors (Lipinski definition) is 8. The number of carbonyl (C=O) groups excluding carboxylic acids is 2. The Kier molecular flexibility index (Phi) is 8.00. The lowest BCUT2D eigenvalue weighted by Crippen LogP contribution is -2.43. The maximum atomic E-state index is 12.6. The van der Waals surface area contributed by atoms with Crippen molar-refractivity contribution in [1.29, 1.82) is 0 Å². The van der Waals surface area contributed by atoms with Gasteiger partial charge in [-0.3, -0.25) is 18.7 Å². The van der Waals surface area contributed by atoms with E-state index in [2.05, 4.69) is 0 Å². The Labute approximate surface area is 184 Å². The average Bonchev–Trinajstić information content (AvgIpc) is 2.77. The van der Waals surface area contributed by atoms with Gasteiger partial charge < -0.3 is 19.9 Å². The number of nitrogens with two attached hydrogens (primary N) is 1. The van der Waals surface area contributed by atoms with Crippen LogP contribution in [0.1, 0.15) is 29.8 Å². The van der Waals surface area contributed by atoms with E-state index in [1.165, 1.54) is 27.3 Å². The fourth-order valence-electron chi connectivity index (χ4n) is 2.96. The van der Waals surface area contributed by atoms with E-state index < -0.39 is 29.6 Å². The molecular formula is C22H27N3O7. The van der Waals surface area contributed by atoms with E-state index in [-0.39, 0.29) is 23.8 Å². The Hall–Kier alpha value is -3.82. The lowest BCUT2D eigenvalue weighted by molar-refractivity contribution is -0.136. The molecule has 1 heterocycles. The molecule has 2 N–H and O–H groups in total. The van der Waals surface area contributed by atoms with Crippen LogP contribution in [0, 0.1) is 5.92 Å². The van der Waals surface area contributed by atoms with Crippen molar-refractivity contribution in [2.24, 2.45) is 13.0 Å². The first kappa shape index (κ1) is 24.4. The molecule has 0 atom stereocenters. The van der Waals surface area contributed by atoms with Crippen LogP contribution >= 0.6 is 0 Å². The first-order valence-electron chi connectivity index (χ1n) is 9.80. The second kappa shape index (κ2) is 10.5. The third-order valence-corrected chi connectivity index (χ3v) is 4.59. The van der Waals surface area contributed by atoms with E-state index in [4.69, 9.17) is 19.9 Å². The number of ether oxygens (including phenoxy) is 3. The molecule has 0 saturated heterocycles. The Morgan fingerprint density at radius 1 is 1.16 bits per heavy atom. The van der Waals surface area contributed by atoms with Gasteiger partial charge in [0.2, 0.25) is 5.78 Å². The molecule has 0 amide bonds. The van der Waals surface area contributed by atoms with Crippen molar-refractivity contribution in [2.75, 3.05) is 26.6 Å². The van der Waals surface area contributed by atoms with Gasteiger partial charge in [-0.15, -0.1) is 0 Å². The second-order valence-corrected chi connectivity index (χ2v) is 7.38.